The van der Waals surface area contributed by atoms with Gasteiger partial charge in [0.15, 0.2) is 0 Å². The Balaban J connectivity index is 1.94. The normalized spacial score (nSPS) is 30.0. The van der Waals surface area contributed by atoms with Crippen molar-refractivity contribution in [3.63, 3.8) is 0 Å². The minimum absolute atomic E-state index is 0.0894. The van der Waals surface area contributed by atoms with E-state index >= 15 is 0 Å². The standard InChI is InChI=1S/C16H28N2O/c1-15(2)10-13(11-16(3,4)18-15)17-14(19)12-8-6-5-7-9-12/h5-6,12-13,18H,7-11H2,1-4H3,(H,17,19). The van der Waals surface area contributed by atoms with Gasteiger partial charge in [-0.25, -0.2) is 0 Å². The Labute approximate surface area is 117 Å². The lowest BCUT2D eigenvalue weighted by atomic mass is 9.79. The first-order chi connectivity index (χ1) is 8.77. The Morgan fingerprint density at radius 3 is 2.32 bits per heavy atom. The molecule has 1 unspecified atom stereocenters. The fourth-order valence-electron chi connectivity index (χ4n) is 3.78. The summed E-state index contributed by atoms with van der Waals surface area (Å²) in [4.78, 5) is 12.3. The molecule has 1 aliphatic carbocycles. The van der Waals surface area contributed by atoms with Crippen molar-refractivity contribution in [2.24, 2.45) is 5.92 Å². The molecule has 2 N–H and O–H groups in total. The van der Waals surface area contributed by atoms with Crippen LogP contribution in [-0.2, 0) is 4.79 Å². The van der Waals surface area contributed by atoms with Gasteiger partial charge in [0, 0.05) is 23.0 Å². The topological polar surface area (TPSA) is 41.1 Å². The van der Waals surface area contributed by atoms with Gasteiger partial charge < -0.3 is 10.6 Å². The molecule has 2 rings (SSSR count). The molecule has 0 bridgehead atoms. The van der Waals surface area contributed by atoms with E-state index < -0.39 is 0 Å². The molecule has 0 aromatic rings. The SMILES string of the molecule is CC1(C)CC(NC(=O)C2CC=CCC2)CC(C)(C)N1. The average Bonchev–Trinajstić information content (AvgIpc) is 2.25. The van der Waals surface area contributed by atoms with Crippen molar-refractivity contribution in [2.45, 2.75) is 76.9 Å². The van der Waals surface area contributed by atoms with Crippen LogP contribution in [0.25, 0.3) is 0 Å². The first kappa shape index (κ1) is 14.6. The summed E-state index contributed by atoms with van der Waals surface area (Å²) in [5.41, 5.74) is 0.179. The van der Waals surface area contributed by atoms with Crippen LogP contribution in [0.3, 0.4) is 0 Å². The number of nitrogens with one attached hydrogen (secondary N) is 2. The van der Waals surface area contributed by atoms with Gasteiger partial charge in [-0.05, 0) is 59.8 Å². The molecule has 1 atom stereocenters. The smallest absolute Gasteiger partial charge is 0.223 e. The maximum Gasteiger partial charge on any atom is 0.223 e. The number of hydrogen-bond donors (Lipinski definition) is 2. The van der Waals surface area contributed by atoms with Crippen molar-refractivity contribution < 1.29 is 4.79 Å². The predicted molar refractivity (Wildman–Crippen MR) is 78.9 cm³/mol. The quantitative estimate of drug-likeness (QED) is 0.753. The number of amides is 1. The van der Waals surface area contributed by atoms with E-state index in [4.69, 9.17) is 0 Å². The Hall–Kier alpha value is -0.830. The van der Waals surface area contributed by atoms with E-state index in [0.717, 1.165) is 32.1 Å². The third-order valence-electron chi connectivity index (χ3n) is 4.18. The van der Waals surface area contributed by atoms with Crippen LogP contribution in [-0.4, -0.2) is 23.0 Å². The van der Waals surface area contributed by atoms with Crippen molar-refractivity contribution in [3.8, 4) is 0 Å². The van der Waals surface area contributed by atoms with E-state index in [0.29, 0.717) is 6.04 Å². The lowest BCUT2D eigenvalue weighted by molar-refractivity contribution is -0.126. The maximum atomic E-state index is 12.3. The van der Waals surface area contributed by atoms with E-state index in [1.54, 1.807) is 0 Å². The van der Waals surface area contributed by atoms with Crippen LogP contribution in [0, 0.1) is 5.92 Å². The average molecular weight is 264 g/mol. The Morgan fingerprint density at radius 1 is 1.16 bits per heavy atom. The summed E-state index contributed by atoms with van der Waals surface area (Å²) in [5.74, 6) is 0.439. The minimum atomic E-state index is 0.0894. The third kappa shape index (κ3) is 4.07. The second-order valence-corrected chi connectivity index (χ2v) is 7.49. The monoisotopic (exact) mass is 264 g/mol. The van der Waals surface area contributed by atoms with Gasteiger partial charge in [0.25, 0.3) is 0 Å². The molecule has 0 saturated carbocycles. The fourth-order valence-corrected chi connectivity index (χ4v) is 3.78. The van der Waals surface area contributed by atoms with Crippen LogP contribution < -0.4 is 10.6 Å². The summed E-state index contributed by atoms with van der Waals surface area (Å²) in [5, 5.41) is 6.94. The number of rotatable bonds is 2. The van der Waals surface area contributed by atoms with Crippen molar-refractivity contribution in [1.82, 2.24) is 10.6 Å². The van der Waals surface area contributed by atoms with Crippen molar-refractivity contribution >= 4 is 5.91 Å². The van der Waals surface area contributed by atoms with Crippen molar-refractivity contribution in [3.05, 3.63) is 12.2 Å². The molecule has 2 aliphatic rings. The van der Waals surface area contributed by atoms with E-state index in [-0.39, 0.29) is 22.9 Å². The molecular formula is C16H28N2O. The van der Waals surface area contributed by atoms with Crippen LogP contribution in [0.15, 0.2) is 12.2 Å². The van der Waals surface area contributed by atoms with Crippen LogP contribution in [0.1, 0.15) is 59.8 Å². The lowest BCUT2D eigenvalue weighted by Gasteiger charge is -2.46. The second-order valence-electron chi connectivity index (χ2n) is 7.49. The number of carbonyl (C=O) groups excluding carboxylic acids is 1. The summed E-state index contributed by atoms with van der Waals surface area (Å²) < 4.78 is 0. The Morgan fingerprint density at radius 2 is 1.79 bits per heavy atom. The van der Waals surface area contributed by atoms with Crippen LogP contribution >= 0.6 is 0 Å². The molecule has 1 amide bonds. The van der Waals surface area contributed by atoms with Crippen LogP contribution in [0.4, 0.5) is 0 Å². The van der Waals surface area contributed by atoms with Gasteiger partial charge in [-0.2, -0.15) is 0 Å². The van der Waals surface area contributed by atoms with Crippen molar-refractivity contribution in [2.75, 3.05) is 0 Å². The van der Waals surface area contributed by atoms with E-state index in [2.05, 4.69) is 50.5 Å². The largest absolute Gasteiger partial charge is 0.353 e. The summed E-state index contributed by atoms with van der Waals surface area (Å²) >= 11 is 0. The first-order valence-corrected chi connectivity index (χ1v) is 7.52. The highest BCUT2D eigenvalue weighted by atomic mass is 16.1. The van der Waals surface area contributed by atoms with Gasteiger partial charge in [0.05, 0.1) is 0 Å². The molecule has 0 aromatic heterocycles. The molecular weight excluding hydrogens is 236 g/mol. The van der Waals surface area contributed by atoms with Gasteiger partial charge in [0.2, 0.25) is 5.91 Å². The minimum Gasteiger partial charge on any atom is -0.353 e. The van der Waals surface area contributed by atoms with Crippen LogP contribution in [0.5, 0.6) is 0 Å². The Bertz CT molecular complexity index is 355. The van der Waals surface area contributed by atoms with Gasteiger partial charge >= 0.3 is 0 Å². The summed E-state index contributed by atoms with van der Waals surface area (Å²) in [6.45, 7) is 8.87. The highest BCUT2D eigenvalue weighted by molar-refractivity contribution is 5.79. The molecule has 1 fully saturated rings. The number of piperidine rings is 1. The van der Waals surface area contributed by atoms with Crippen LogP contribution in [0.2, 0.25) is 0 Å². The number of carbonyl (C=O) groups is 1. The molecule has 1 aliphatic heterocycles. The summed E-state index contributed by atoms with van der Waals surface area (Å²) in [6, 6.07) is 0.296. The van der Waals surface area contributed by atoms with E-state index in [1.165, 1.54) is 0 Å². The molecule has 108 valence electrons. The molecule has 0 spiro atoms. The molecule has 1 saturated heterocycles. The van der Waals surface area contributed by atoms with Crippen molar-refractivity contribution in [1.29, 1.82) is 0 Å². The van der Waals surface area contributed by atoms with Gasteiger partial charge in [-0.15, -0.1) is 0 Å². The predicted octanol–water partition coefficient (Wildman–Crippen LogP) is 2.77. The molecule has 3 heteroatoms. The molecule has 1 heterocycles. The molecule has 0 radical (unpaired) electrons. The zero-order valence-corrected chi connectivity index (χ0v) is 12.8. The number of hydrogen-bond acceptors (Lipinski definition) is 2. The highest BCUT2D eigenvalue weighted by Gasteiger charge is 2.38. The van der Waals surface area contributed by atoms with Gasteiger partial charge in [0.1, 0.15) is 0 Å². The highest BCUT2D eigenvalue weighted by Crippen LogP contribution is 2.29. The number of allylic oxidation sites excluding steroid dienone is 2. The third-order valence-corrected chi connectivity index (χ3v) is 4.18. The first-order valence-electron chi connectivity index (χ1n) is 7.52. The molecule has 0 aromatic carbocycles. The summed E-state index contributed by atoms with van der Waals surface area (Å²) in [6.07, 6.45) is 9.28. The van der Waals surface area contributed by atoms with Gasteiger partial charge in [-0.3, -0.25) is 4.79 Å². The second kappa shape index (κ2) is 5.28. The Kier molecular flexibility index (Phi) is 4.05. The zero-order chi connectivity index (χ0) is 14.1. The summed E-state index contributed by atoms with van der Waals surface area (Å²) in [7, 11) is 0. The molecule has 3 nitrogen and oxygen atoms in total. The molecule has 19 heavy (non-hydrogen) atoms. The zero-order valence-electron chi connectivity index (χ0n) is 12.8. The van der Waals surface area contributed by atoms with E-state index in [9.17, 15) is 4.79 Å². The van der Waals surface area contributed by atoms with E-state index in [1.807, 2.05) is 0 Å². The maximum absolute atomic E-state index is 12.3. The lowest BCUT2D eigenvalue weighted by Crippen LogP contribution is -2.62. The fraction of sp³-hybridized carbons (Fsp3) is 0.812. The van der Waals surface area contributed by atoms with Gasteiger partial charge in [-0.1, -0.05) is 12.2 Å².